The van der Waals surface area contributed by atoms with Crippen LogP contribution in [0.2, 0.25) is 0 Å². The zero-order valence-corrected chi connectivity index (χ0v) is 35.8. The standard InChI is InChI=1S/C42H62F2N8O7/c1-41(2,3)58-39(54)50(8)20-10-22-56-21-9-19-49(7)24-28-13-15-31(16-14-28)52-26-32(35(48-52)36(43)44)46-37(53)33-27-57-38(47-33)30-17-18-45-34(23-30)51(25-29-11-12-29)40(55)59-42(4,5)6/h17-18,23,26-29,31,36H,9-16,19-22,24-25H2,1-8H3,(H,46,53). The summed E-state index contributed by atoms with van der Waals surface area (Å²) in [7, 11) is 3.82. The molecule has 1 N–H and O–H groups in total. The number of hydrogen-bond donors (Lipinski definition) is 1. The van der Waals surface area contributed by atoms with Crippen molar-refractivity contribution < 1.29 is 41.8 Å². The molecule has 0 unspecified atom stereocenters. The fourth-order valence-electron chi connectivity index (χ4n) is 6.88. The molecular weight excluding hydrogens is 767 g/mol. The van der Waals surface area contributed by atoms with E-state index in [1.54, 1.807) is 49.5 Å². The van der Waals surface area contributed by atoms with E-state index in [9.17, 15) is 23.2 Å². The highest BCUT2D eigenvalue weighted by Gasteiger charge is 2.32. The molecule has 15 nitrogen and oxygen atoms in total. The molecule has 0 aromatic carbocycles. The summed E-state index contributed by atoms with van der Waals surface area (Å²) in [6.45, 7) is 15.0. The molecule has 2 aliphatic carbocycles. The lowest BCUT2D eigenvalue weighted by Gasteiger charge is -2.31. The lowest BCUT2D eigenvalue weighted by atomic mass is 9.86. The number of ether oxygens (including phenoxy) is 3. The van der Waals surface area contributed by atoms with Gasteiger partial charge in [-0.05, 0) is 124 Å². The van der Waals surface area contributed by atoms with Crippen molar-refractivity contribution in [2.75, 3.05) is 63.7 Å². The van der Waals surface area contributed by atoms with E-state index in [4.69, 9.17) is 18.6 Å². The topological polar surface area (TPSA) is 157 Å². The molecule has 3 heterocycles. The number of rotatable bonds is 18. The monoisotopic (exact) mass is 828 g/mol. The van der Waals surface area contributed by atoms with Crippen LogP contribution >= 0.6 is 0 Å². The van der Waals surface area contributed by atoms with E-state index < -0.39 is 35.3 Å². The molecular formula is C42H62F2N8O7. The van der Waals surface area contributed by atoms with Crippen molar-refractivity contribution in [2.24, 2.45) is 11.8 Å². The van der Waals surface area contributed by atoms with Crippen molar-refractivity contribution in [1.29, 1.82) is 0 Å². The molecule has 326 valence electrons. The fourth-order valence-corrected chi connectivity index (χ4v) is 6.88. The molecule has 0 aliphatic heterocycles. The Morgan fingerprint density at radius 1 is 0.915 bits per heavy atom. The largest absolute Gasteiger partial charge is 0.444 e. The second-order valence-electron chi connectivity index (χ2n) is 17.8. The minimum absolute atomic E-state index is 0.0674. The van der Waals surface area contributed by atoms with Crippen LogP contribution < -0.4 is 10.2 Å². The van der Waals surface area contributed by atoms with E-state index in [0.29, 0.717) is 49.5 Å². The summed E-state index contributed by atoms with van der Waals surface area (Å²) in [5.41, 5.74) is -1.42. The van der Waals surface area contributed by atoms with Gasteiger partial charge in [-0.15, -0.1) is 0 Å². The Morgan fingerprint density at radius 2 is 1.54 bits per heavy atom. The number of carbonyl (C=O) groups excluding carboxylic acids is 3. The Morgan fingerprint density at radius 3 is 2.19 bits per heavy atom. The van der Waals surface area contributed by atoms with Gasteiger partial charge in [0.05, 0.1) is 11.7 Å². The van der Waals surface area contributed by atoms with E-state index in [1.807, 2.05) is 20.8 Å². The van der Waals surface area contributed by atoms with Gasteiger partial charge >= 0.3 is 12.2 Å². The highest BCUT2D eigenvalue weighted by atomic mass is 19.3. The van der Waals surface area contributed by atoms with E-state index >= 15 is 0 Å². The van der Waals surface area contributed by atoms with Crippen LogP contribution in [-0.4, -0.2) is 112 Å². The average Bonchev–Trinajstić information content (AvgIpc) is 3.66. The summed E-state index contributed by atoms with van der Waals surface area (Å²) in [6, 6.07) is 3.22. The Hall–Kier alpha value is -4.64. The van der Waals surface area contributed by atoms with Gasteiger partial charge in [0.15, 0.2) is 11.4 Å². The molecule has 5 rings (SSSR count). The molecule has 0 bridgehead atoms. The number of hydrogen-bond acceptors (Lipinski definition) is 11. The van der Waals surface area contributed by atoms with Gasteiger partial charge in [0.1, 0.15) is 23.3 Å². The van der Waals surface area contributed by atoms with Crippen LogP contribution in [-0.2, 0) is 14.2 Å². The van der Waals surface area contributed by atoms with Crippen LogP contribution in [0.25, 0.3) is 11.5 Å². The van der Waals surface area contributed by atoms with Gasteiger partial charge in [-0.2, -0.15) is 5.10 Å². The summed E-state index contributed by atoms with van der Waals surface area (Å²) in [4.78, 5) is 52.5. The lowest BCUT2D eigenvalue weighted by Crippen LogP contribution is -2.38. The zero-order valence-electron chi connectivity index (χ0n) is 35.8. The van der Waals surface area contributed by atoms with Crippen LogP contribution in [0.4, 0.5) is 29.9 Å². The highest BCUT2D eigenvalue weighted by molar-refractivity contribution is 6.03. The van der Waals surface area contributed by atoms with E-state index in [-0.39, 0.29) is 29.4 Å². The minimum atomic E-state index is -2.90. The molecule has 3 aromatic rings. The van der Waals surface area contributed by atoms with Gasteiger partial charge in [0.25, 0.3) is 12.3 Å². The maximum absolute atomic E-state index is 14.2. The number of anilines is 2. The summed E-state index contributed by atoms with van der Waals surface area (Å²) in [6.07, 6.45) is 7.49. The average molecular weight is 829 g/mol. The first kappa shape index (κ1) is 45.4. The molecule has 0 radical (unpaired) electrons. The Kier molecular flexibility index (Phi) is 15.5. The second kappa shape index (κ2) is 20.1. The highest BCUT2D eigenvalue weighted by Crippen LogP contribution is 2.36. The van der Waals surface area contributed by atoms with Crippen molar-refractivity contribution in [1.82, 2.24) is 29.5 Å². The normalized spacial score (nSPS) is 17.3. The third-order valence-corrected chi connectivity index (χ3v) is 10.0. The molecule has 3 aromatic heterocycles. The van der Waals surface area contributed by atoms with Crippen molar-refractivity contribution in [3.63, 3.8) is 0 Å². The summed E-state index contributed by atoms with van der Waals surface area (Å²) < 4.78 is 52.3. The van der Waals surface area contributed by atoms with Gasteiger partial charge < -0.3 is 33.7 Å². The zero-order chi connectivity index (χ0) is 42.9. The van der Waals surface area contributed by atoms with Gasteiger partial charge in [-0.1, -0.05) is 0 Å². The van der Waals surface area contributed by atoms with Gasteiger partial charge in [-0.25, -0.2) is 28.3 Å². The van der Waals surface area contributed by atoms with Crippen molar-refractivity contribution >= 4 is 29.6 Å². The molecule has 0 spiro atoms. The van der Waals surface area contributed by atoms with Crippen molar-refractivity contribution in [3.8, 4) is 11.5 Å². The quantitative estimate of drug-likeness (QED) is 0.123. The SMILES string of the molecule is CN(CCCOCCCN(C)C(=O)OC(C)(C)C)CC1CCC(n2cc(NC(=O)c3coc(-c4ccnc(N(CC5CC5)C(=O)OC(C)(C)C)c4)n3)c(C(F)F)n2)CC1. The first-order valence-electron chi connectivity index (χ1n) is 20.7. The second-order valence-corrected chi connectivity index (χ2v) is 17.8. The van der Waals surface area contributed by atoms with Crippen LogP contribution in [0.3, 0.4) is 0 Å². The van der Waals surface area contributed by atoms with Crippen LogP contribution in [0, 0.1) is 11.8 Å². The smallest absolute Gasteiger partial charge is 0.416 e. The molecule has 17 heteroatoms. The van der Waals surface area contributed by atoms with Crippen LogP contribution in [0.5, 0.6) is 0 Å². The van der Waals surface area contributed by atoms with Crippen molar-refractivity contribution in [2.45, 2.75) is 117 Å². The number of halogens is 2. The van der Waals surface area contributed by atoms with E-state index in [0.717, 1.165) is 70.7 Å². The predicted octanol–water partition coefficient (Wildman–Crippen LogP) is 8.60. The molecule has 2 fully saturated rings. The summed E-state index contributed by atoms with van der Waals surface area (Å²) in [5, 5.41) is 6.79. The number of nitrogens with zero attached hydrogens (tertiary/aromatic N) is 7. The Labute approximate surface area is 346 Å². The lowest BCUT2D eigenvalue weighted by molar-refractivity contribution is 0.0277. The third-order valence-electron chi connectivity index (χ3n) is 10.0. The van der Waals surface area contributed by atoms with Gasteiger partial charge in [-0.3, -0.25) is 14.4 Å². The van der Waals surface area contributed by atoms with E-state index in [2.05, 4.69) is 32.3 Å². The number of amides is 3. The molecule has 59 heavy (non-hydrogen) atoms. The number of pyridine rings is 1. The molecule has 2 saturated carbocycles. The summed E-state index contributed by atoms with van der Waals surface area (Å²) in [5.74, 6) is 0.581. The van der Waals surface area contributed by atoms with Crippen LogP contribution in [0.1, 0.15) is 122 Å². The Bertz CT molecular complexity index is 1840. The van der Waals surface area contributed by atoms with Gasteiger partial charge in [0, 0.05) is 64.4 Å². The third kappa shape index (κ3) is 14.3. The predicted molar refractivity (Wildman–Crippen MR) is 219 cm³/mol. The van der Waals surface area contributed by atoms with Crippen molar-refractivity contribution in [3.05, 3.63) is 42.2 Å². The maximum atomic E-state index is 14.2. The maximum Gasteiger partial charge on any atom is 0.416 e. The Balaban J connectivity index is 1.08. The van der Waals surface area contributed by atoms with Crippen LogP contribution in [0.15, 0.2) is 35.2 Å². The number of oxazole rings is 1. The first-order valence-corrected chi connectivity index (χ1v) is 20.7. The number of carbonyl (C=O) groups is 3. The molecule has 3 amide bonds. The molecule has 0 atom stereocenters. The number of alkyl halides is 2. The molecule has 0 saturated heterocycles. The molecule has 2 aliphatic rings. The number of aromatic nitrogens is 4. The first-order chi connectivity index (χ1) is 27.8. The number of nitrogens with one attached hydrogen (secondary N) is 1. The van der Waals surface area contributed by atoms with Gasteiger partial charge in [0.2, 0.25) is 5.89 Å². The fraction of sp³-hybridized carbons (Fsp3) is 0.667. The van der Waals surface area contributed by atoms with E-state index in [1.165, 1.54) is 17.3 Å². The minimum Gasteiger partial charge on any atom is -0.444 e. The summed E-state index contributed by atoms with van der Waals surface area (Å²) >= 11 is 0.